The van der Waals surface area contributed by atoms with Crippen molar-refractivity contribution in [1.29, 1.82) is 0 Å². The summed E-state index contributed by atoms with van der Waals surface area (Å²) in [5, 5.41) is 0. The van der Waals surface area contributed by atoms with Gasteiger partial charge in [0.1, 0.15) is 11.6 Å². The van der Waals surface area contributed by atoms with Crippen LogP contribution in [0, 0.1) is 30.3 Å². The normalized spacial score (nSPS) is 18.0. The van der Waals surface area contributed by atoms with Crippen molar-refractivity contribution >= 4 is 5.97 Å². The molecular formula is C29H29F3O2. The second-order valence-corrected chi connectivity index (χ2v) is 9.23. The number of hydrogen-bond acceptors (Lipinski definition) is 2. The van der Waals surface area contributed by atoms with Crippen LogP contribution in [0.25, 0.3) is 11.1 Å². The first kappa shape index (κ1) is 24.1. The van der Waals surface area contributed by atoms with Gasteiger partial charge in [0.15, 0.2) is 11.6 Å². The molecule has 1 saturated carbocycles. The Labute approximate surface area is 198 Å². The van der Waals surface area contributed by atoms with Gasteiger partial charge in [0.05, 0.1) is 5.56 Å². The van der Waals surface area contributed by atoms with Crippen LogP contribution in [0.2, 0.25) is 0 Å². The summed E-state index contributed by atoms with van der Waals surface area (Å²) in [6.45, 7) is 3.91. The van der Waals surface area contributed by atoms with Crippen LogP contribution < -0.4 is 4.74 Å². The lowest BCUT2D eigenvalue weighted by Gasteiger charge is -2.29. The first-order valence-electron chi connectivity index (χ1n) is 11.9. The van der Waals surface area contributed by atoms with E-state index in [4.69, 9.17) is 4.74 Å². The van der Waals surface area contributed by atoms with Crippen LogP contribution in [0.4, 0.5) is 13.2 Å². The Bertz CT molecular complexity index is 1160. The summed E-state index contributed by atoms with van der Waals surface area (Å²) in [6, 6.07) is 13.7. The Morgan fingerprint density at radius 1 is 0.912 bits per heavy atom. The van der Waals surface area contributed by atoms with Gasteiger partial charge in [-0.3, -0.25) is 0 Å². The first-order valence-corrected chi connectivity index (χ1v) is 11.9. The SMILES string of the molecule is CCCC1CCC(c2ccc(-c3ccc(OC(=O)c4ccc(C)cc4F)cc3)c(F)c2F)CC1. The monoisotopic (exact) mass is 466 g/mol. The van der Waals surface area contributed by atoms with Gasteiger partial charge in [0, 0.05) is 5.56 Å². The maximum absolute atomic E-state index is 15.0. The standard InChI is InChI=1S/C29H29F3O2/c1-3-4-19-6-8-20(9-7-19)23-15-16-24(28(32)27(23)31)21-10-12-22(13-11-21)34-29(33)25-14-5-18(2)17-26(25)30/h5,10-17,19-20H,3-4,6-9H2,1-2H3. The van der Waals surface area contributed by atoms with E-state index in [1.54, 1.807) is 37.3 Å². The fourth-order valence-corrected chi connectivity index (χ4v) is 4.92. The molecule has 0 spiro atoms. The lowest BCUT2D eigenvalue weighted by atomic mass is 9.77. The minimum Gasteiger partial charge on any atom is -0.423 e. The average molecular weight is 467 g/mol. The highest BCUT2D eigenvalue weighted by Gasteiger charge is 2.26. The molecular weight excluding hydrogens is 437 g/mol. The predicted octanol–water partition coefficient (Wildman–Crippen LogP) is 8.37. The van der Waals surface area contributed by atoms with Gasteiger partial charge in [-0.15, -0.1) is 0 Å². The fourth-order valence-electron chi connectivity index (χ4n) is 4.92. The topological polar surface area (TPSA) is 26.3 Å². The summed E-state index contributed by atoms with van der Waals surface area (Å²) < 4.78 is 49.3. The minimum absolute atomic E-state index is 0.0561. The Morgan fingerprint density at radius 2 is 1.62 bits per heavy atom. The molecule has 0 aliphatic heterocycles. The van der Waals surface area contributed by atoms with Gasteiger partial charge < -0.3 is 4.74 Å². The quantitative estimate of drug-likeness (QED) is 0.269. The third-order valence-corrected chi connectivity index (χ3v) is 6.82. The first-order chi connectivity index (χ1) is 16.4. The number of ether oxygens (including phenoxy) is 1. The van der Waals surface area contributed by atoms with Gasteiger partial charge in [-0.25, -0.2) is 18.0 Å². The molecule has 1 aliphatic carbocycles. The second-order valence-electron chi connectivity index (χ2n) is 9.23. The molecule has 4 rings (SSSR count). The van der Waals surface area contributed by atoms with E-state index >= 15 is 8.78 Å². The molecule has 5 heteroatoms. The average Bonchev–Trinajstić information content (AvgIpc) is 2.82. The van der Waals surface area contributed by atoms with Gasteiger partial charge in [0.2, 0.25) is 0 Å². The van der Waals surface area contributed by atoms with Crippen LogP contribution in [-0.2, 0) is 0 Å². The molecule has 178 valence electrons. The predicted molar refractivity (Wildman–Crippen MR) is 127 cm³/mol. The highest BCUT2D eigenvalue weighted by molar-refractivity contribution is 5.91. The van der Waals surface area contributed by atoms with Crippen LogP contribution in [-0.4, -0.2) is 5.97 Å². The molecule has 1 aliphatic rings. The molecule has 0 heterocycles. The summed E-state index contributed by atoms with van der Waals surface area (Å²) in [5.41, 5.74) is 1.62. The van der Waals surface area contributed by atoms with Crippen LogP contribution in [0.3, 0.4) is 0 Å². The van der Waals surface area contributed by atoms with Crippen LogP contribution in [0.15, 0.2) is 54.6 Å². The summed E-state index contributed by atoms with van der Waals surface area (Å²) in [7, 11) is 0. The van der Waals surface area contributed by atoms with Crippen LogP contribution >= 0.6 is 0 Å². The van der Waals surface area contributed by atoms with Crippen molar-refractivity contribution in [2.45, 2.75) is 58.3 Å². The molecule has 0 saturated heterocycles. The lowest BCUT2D eigenvalue weighted by molar-refractivity contribution is 0.0730. The van der Waals surface area contributed by atoms with Crippen LogP contribution in [0.1, 0.15) is 72.9 Å². The summed E-state index contributed by atoms with van der Waals surface area (Å²) in [4.78, 5) is 12.3. The second kappa shape index (κ2) is 10.5. The highest BCUT2D eigenvalue weighted by Crippen LogP contribution is 2.40. The van der Waals surface area contributed by atoms with Gasteiger partial charge >= 0.3 is 5.97 Å². The summed E-state index contributed by atoms with van der Waals surface area (Å²) in [6.07, 6.45) is 6.27. The van der Waals surface area contributed by atoms with Gasteiger partial charge in [0.25, 0.3) is 0 Å². The van der Waals surface area contributed by atoms with Gasteiger partial charge in [-0.05, 0) is 85.4 Å². The van der Waals surface area contributed by atoms with Crippen molar-refractivity contribution in [3.63, 3.8) is 0 Å². The summed E-state index contributed by atoms with van der Waals surface area (Å²) >= 11 is 0. The molecule has 0 N–H and O–H groups in total. The van der Waals surface area contributed by atoms with E-state index in [1.807, 2.05) is 0 Å². The summed E-state index contributed by atoms with van der Waals surface area (Å²) in [5.74, 6) is -2.17. The number of halogens is 3. The highest BCUT2D eigenvalue weighted by atomic mass is 19.2. The zero-order valence-electron chi connectivity index (χ0n) is 19.5. The molecule has 1 fully saturated rings. The maximum Gasteiger partial charge on any atom is 0.346 e. The molecule has 0 radical (unpaired) electrons. The van der Waals surface area contributed by atoms with Crippen molar-refractivity contribution in [3.05, 3.63) is 88.7 Å². The van der Waals surface area contributed by atoms with E-state index in [-0.39, 0.29) is 22.8 Å². The zero-order valence-corrected chi connectivity index (χ0v) is 19.5. The number of hydrogen-bond donors (Lipinski definition) is 0. The molecule has 34 heavy (non-hydrogen) atoms. The van der Waals surface area contributed by atoms with Gasteiger partial charge in [-0.1, -0.05) is 50.1 Å². The minimum atomic E-state index is -0.861. The number of aryl methyl sites for hydroxylation is 1. The van der Waals surface area contributed by atoms with Crippen molar-refractivity contribution < 1.29 is 22.7 Å². The molecule has 3 aromatic carbocycles. The Balaban J connectivity index is 1.47. The smallest absolute Gasteiger partial charge is 0.346 e. The number of esters is 1. The van der Waals surface area contributed by atoms with E-state index in [1.165, 1.54) is 30.7 Å². The molecule has 2 nitrogen and oxygen atoms in total. The Hall–Kier alpha value is -3.08. The molecule has 3 aromatic rings. The van der Waals surface area contributed by atoms with Crippen molar-refractivity contribution in [3.8, 4) is 16.9 Å². The Kier molecular flexibility index (Phi) is 7.40. The van der Waals surface area contributed by atoms with Gasteiger partial charge in [-0.2, -0.15) is 0 Å². The van der Waals surface area contributed by atoms with E-state index in [0.29, 0.717) is 22.6 Å². The van der Waals surface area contributed by atoms with E-state index < -0.39 is 23.4 Å². The molecule has 0 aromatic heterocycles. The third-order valence-electron chi connectivity index (χ3n) is 6.82. The third kappa shape index (κ3) is 5.19. The largest absolute Gasteiger partial charge is 0.423 e. The molecule has 0 atom stereocenters. The van der Waals surface area contributed by atoms with E-state index in [2.05, 4.69) is 6.92 Å². The number of carbonyl (C=O) groups excluding carboxylic acids is 1. The number of rotatable bonds is 6. The molecule has 0 unspecified atom stereocenters. The zero-order chi connectivity index (χ0) is 24.2. The number of benzene rings is 3. The van der Waals surface area contributed by atoms with Crippen molar-refractivity contribution in [1.82, 2.24) is 0 Å². The van der Waals surface area contributed by atoms with Crippen molar-refractivity contribution in [2.75, 3.05) is 0 Å². The van der Waals surface area contributed by atoms with E-state index in [9.17, 15) is 9.18 Å². The fraction of sp³-hybridized carbons (Fsp3) is 0.345. The molecule has 0 amide bonds. The van der Waals surface area contributed by atoms with Crippen LogP contribution in [0.5, 0.6) is 5.75 Å². The van der Waals surface area contributed by atoms with E-state index in [0.717, 1.165) is 32.1 Å². The maximum atomic E-state index is 15.0. The lowest BCUT2D eigenvalue weighted by Crippen LogP contribution is -2.15. The van der Waals surface area contributed by atoms with Crippen molar-refractivity contribution in [2.24, 2.45) is 5.92 Å². The molecule has 0 bridgehead atoms. The Morgan fingerprint density at radius 3 is 2.26 bits per heavy atom. The number of carbonyl (C=O) groups is 1.